The first kappa shape index (κ1) is 8.86. The van der Waals surface area contributed by atoms with Crippen LogP contribution in [0.3, 0.4) is 0 Å². The molecular weight excluding hydrogens is 211 g/mol. The number of alkyl halides is 1. The second-order valence-electron chi connectivity index (χ2n) is 3.29. The largest absolute Gasteiger partial charge is 0.127 e. The fraction of sp³-hybridized carbons (Fsp3) is 0.556. The van der Waals surface area contributed by atoms with Gasteiger partial charge in [-0.15, -0.1) is 22.9 Å². The number of halogens is 2. The maximum atomic E-state index is 6.21. The van der Waals surface area contributed by atoms with Crippen LogP contribution in [-0.2, 0) is 0 Å². The SMILES string of the molecule is Clc1ccc(C(Cl)CC2CC2)s1. The van der Waals surface area contributed by atoms with Gasteiger partial charge in [0.1, 0.15) is 0 Å². The molecule has 1 aromatic heterocycles. The molecule has 1 fully saturated rings. The Morgan fingerprint density at radius 3 is 2.75 bits per heavy atom. The second kappa shape index (κ2) is 3.57. The average Bonchev–Trinajstić information content (AvgIpc) is 2.72. The molecule has 1 unspecified atom stereocenters. The van der Waals surface area contributed by atoms with Crippen LogP contribution in [0.25, 0.3) is 0 Å². The van der Waals surface area contributed by atoms with Crippen LogP contribution in [0.5, 0.6) is 0 Å². The molecule has 1 saturated carbocycles. The van der Waals surface area contributed by atoms with Gasteiger partial charge in [0.05, 0.1) is 9.71 Å². The van der Waals surface area contributed by atoms with Crippen molar-refractivity contribution in [2.75, 3.05) is 0 Å². The van der Waals surface area contributed by atoms with Crippen molar-refractivity contribution in [1.82, 2.24) is 0 Å². The maximum Gasteiger partial charge on any atom is 0.0931 e. The van der Waals surface area contributed by atoms with E-state index < -0.39 is 0 Å². The van der Waals surface area contributed by atoms with Crippen LogP contribution in [0, 0.1) is 5.92 Å². The van der Waals surface area contributed by atoms with Crippen LogP contribution in [0.4, 0.5) is 0 Å². The van der Waals surface area contributed by atoms with Gasteiger partial charge in [0.2, 0.25) is 0 Å². The standard InChI is InChI=1S/C9H10Cl2S/c10-7(5-6-1-2-6)8-3-4-9(11)12-8/h3-4,6-7H,1-2,5H2. The van der Waals surface area contributed by atoms with Gasteiger partial charge in [-0.2, -0.15) is 0 Å². The zero-order valence-corrected chi connectivity index (χ0v) is 8.92. The van der Waals surface area contributed by atoms with Gasteiger partial charge in [0.25, 0.3) is 0 Å². The Kier molecular flexibility index (Phi) is 2.63. The Balaban J connectivity index is 1.97. The molecule has 0 spiro atoms. The minimum Gasteiger partial charge on any atom is -0.127 e. The lowest BCUT2D eigenvalue weighted by Crippen LogP contribution is -1.87. The van der Waals surface area contributed by atoms with Crippen molar-refractivity contribution in [3.63, 3.8) is 0 Å². The van der Waals surface area contributed by atoms with Crippen molar-refractivity contribution in [2.45, 2.75) is 24.6 Å². The number of rotatable bonds is 3. The van der Waals surface area contributed by atoms with Crippen LogP contribution in [0.2, 0.25) is 4.34 Å². The fourth-order valence-electron chi connectivity index (χ4n) is 1.26. The molecule has 0 aliphatic heterocycles. The smallest absolute Gasteiger partial charge is 0.0931 e. The molecule has 0 N–H and O–H groups in total. The Hall–Kier alpha value is 0.280. The molecule has 1 aliphatic carbocycles. The van der Waals surface area contributed by atoms with E-state index in [-0.39, 0.29) is 5.38 Å². The molecule has 1 atom stereocenters. The van der Waals surface area contributed by atoms with Crippen LogP contribution in [0.15, 0.2) is 12.1 Å². The lowest BCUT2D eigenvalue weighted by Gasteiger charge is -2.04. The highest BCUT2D eigenvalue weighted by atomic mass is 35.5. The Labute approximate surface area is 86.5 Å². The van der Waals surface area contributed by atoms with Gasteiger partial charge in [-0.3, -0.25) is 0 Å². The van der Waals surface area contributed by atoms with Crippen molar-refractivity contribution in [2.24, 2.45) is 5.92 Å². The number of thiophene rings is 1. The zero-order chi connectivity index (χ0) is 8.55. The van der Waals surface area contributed by atoms with E-state index in [2.05, 4.69) is 0 Å². The molecule has 1 heterocycles. The molecule has 1 aliphatic rings. The predicted octanol–water partition coefficient (Wildman–Crippen LogP) is 4.48. The second-order valence-corrected chi connectivity index (χ2v) is 5.56. The van der Waals surface area contributed by atoms with Crippen LogP contribution >= 0.6 is 34.5 Å². The molecule has 1 aromatic rings. The van der Waals surface area contributed by atoms with Crippen molar-refractivity contribution in [3.8, 4) is 0 Å². The lowest BCUT2D eigenvalue weighted by molar-refractivity contribution is 0.713. The summed E-state index contributed by atoms with van der Waals surface area (Å²) in [6.45, 7) is 0. The first-order valence-corrected chi connectivity index (χ1v) is 5.78. The van der Waals surface area contributed by atoms with Crippen molar-refractivity contribution < 1.29 is 0 Å². The van der Waals surface area contributed by atoms with Gasteiger partial charge in [0, 0.05) is 4.88 Å². The molecule has 0 bridgehead atoms. The highest BCUT2D eigenvalue weighted by Crippen LogP contribution is 2.42. The summed E-state index contributed by atoms with van der Waals surface area (Å²) >= 11 is 13.6. The molecule has 2 rings (SSSR count). The third kappa shape index (κ3) is 2.15. The Morgan fingerprint density at radius 1 is 1.50 bits per heavy atom. The zero-order valence-electron chi connectivity index (χ0n) is 6.59. The fourth-order valence-corrected chi connectivity index (χ4v) is 2.77. The normalized spacial score (nSPS) is 19.5. The summed E-state index contributed by atoms with van der Waals surface area (Å²) in [7, 11) is 0. The van der Waals surface area contributed by atoms with Crippen molar-refractivity contribution in [1.29, 1.82) is 0 Å². The monoisotopic (exact) mass is 220 g/mol. The molecule has 3 heteroatoms. The molecule has 0 nitrogen and oxygen atoms in total. The number of hydrogen-bond acceptors (Lipinski definition) is 1. The van der Waals surface area contributed by atoms with E-state index in [0.717, 1.165) is 16.7 Å². The third-order valence-corrected chi connectivity index (χ3v) is 4.03. The van der Waals surface area contributed by atoms with E-state index in [0.29, 0.717) is 0 Å². The molecule has 0 radical (unpaired) electrons. The van der Waals surface area contributed by atoms with Gasteiger partial charge in [-0.25, -0.2) is 0 Å². The summed E-state index contributed by atoms with van der Waals surface area (Å²) < 4.78 is 0.839. The van der Waals surface area contributed by atoms with Crippen molar-refractivity contribution >= 4 is 34.5 Å². The molecular formula is C9H10Cl2S. The van der Waals surface area contributed by atoms with Gasteiger partial charge >= 0.3 is 0 Å². The summed E-state index contributed by atoms with van der Waals surface area (Å²) in [6.07, 6.45) is 3.85. The quantitative estimate of drug-likeness (QED) is 0.660. The summed E-state index contributed by atoms with van der Waals surface area (Å²) in [6, 6.07) is 3.96. The Morgan fingerprint density at radius 2 is 2.25 bits per heavy atom. The van der Waals surface area contributed by atoms with E-state index in [1.807, 2.05) is 12.1 Å². The molecule has 0 aromatic carbocycles. The topological polar surface area (TPSA) is 0 Å². The van der Waals surface area contributed by atoms with Crippen LogP contribution < -0.4 is 0 Å². The summed E-state index contributed by atoms with van der Waals surface area (Å²) in [5.74, 6) is 0.883. The number of hydrogen-bond donors (Lipinski definition) is 0. The van der Waals surface area contributed by atoms with Gasteiger partial charge in [-0.1, -0.05) is 24.4 Å². The third-order valence-electron chi connectivity index (χ3n) is 2.14. The lowest BCUT2D eigenvalue weighted by atomic mass is 10.2. The first-order chi connectivity index (χ1) is 5.75. The molecule has 0 saturated heterocycles. The van der Waals surface area contributed by atoms with Gasteiger partial charge < -0.3 is 0 Å². The minimum atomic E-state index is 0.190. The van der Waals surface area contributed by atoms with Crippen molar-refractivity contribution in [3.05, 3.63) is 21.3 Å². The van der Waals surface area contributed by atoms with E-state index in [1.54, 1.807) is 11.3 Å². The summed E-state index contributed by atoms with van der Waals surface area (Å²) in [4.78, 5) is 1.22. The van der Waals surface area contributed by atoms with Gasteiger partial charge in [-0.05, 0) is 24.5 Å². The van der Waals surface area contributed by atoms with Crippen LogP contribution in [0.1, 0.15) is 29.5 Å². The summed E-state index contributed by atoms with van der Waals surface area (Å²) in [5.41, 5.74) is 0. The van der Waals surface area contributed by atoms with Gasteiger partial charge in [0.15, 0.2) is 0 Å². The van der Waals surface area contributed by atoms with E-state index in [4.69, 9.17) is 23.2 Å². The average molecular weight is 221 g/mol. The molecule has 66 valence electrons. The minimum absolute atomic E-state index is 0.190. The molecule has 12 heavy (non-hydrogen) atoms. The highest BCUT2D eigenvalue weighted by Gasteiger charge is 2.25. The predicted molar refractivity (Wildman–Crippen MR) is 55.3 cm³/mol. The first-order valence-electron chi connectivity index (χ1n) is 4.15. The van der Waals surface area contributed by atoms with E-state index in [1.165, 1.54) is 17.7 Å². The maximum absolute atomic E-state index is 6.21. The van der Waals surface area contributed by atoms with E-state index >= 15 is 0 Å². The van der Waals surface area contributed by atoms with E-state index in [9.17, 15) is 0 Å². The van der Waals surface area contributed by atoms with Crippen LogP contribution in [-0.4, -0.2) is 0 Å². The highest BCUT2D eigenvalue weighted by molar-refractivity contribution is 7.16. The summed E-state index contributed by atoms with van der Waals surface area (Å²) in [5, 5.41) is 0.190. The molecule has 0 amide bonds. The Bertz CT molecular complexity index is 265.